The minimum Gasteiger partial charge on any atom is -0.435 e. The topological polar surface area (TPSA) is 69.0 Å². The molecule has 1 N–H and O–H groups in total. The van der Waals surface area contributed by atoms with E-state index in [-0.39, 0.29) is 11.7 Å². The van der Waals surface area contributed by atoms with Crippen LogP contribution in [-0.2, 0) is 4.79 Å². The number of carbonyl (C=O) groups excluding carboxylic acids is 1. The third-order valence-corrected chi connectivity index (χ3v) is 4.97. The van der Waals surface area contributed by atoms with E-state index in [1.165, 1.54) is 34.3 Å². The van der Waals surface area contributed by atoms with E-state index in [4.69, 9.17) is 11.6 Å². The lowest BCUT2D eigenvalue weighted by Crippen LogP contribution is -2.25. The highest BCUT2D eigenvalue weighted by atomic mass is 35.5. The number of hydrogen-bond acceptors (Lipinski definition) is 5. The Morgan fingerprint density at radius 2 is 2.04 bits per heavy atom. The lowest BCUT2D eigenvalue weighted by molar-refractivity contribution is -0.119. The molecule has 1 atom stereocenters. The predicted molar refractivity (Wildman–Crippen MR) is 99.5 cm³/mol. The molecule has 0 radical (unpaired) electrons. The molecular formula is C17H15ClF2N4O2S. The zero-order valence-electron chi connectivity index (χ0n) is 14.3. The monoisotopic (exact) mass is 412 g/mol. The van der Waals surface area contributed by atoms with Gasteiger partial charge in [0.15, 0.2) is 5.13 Å². The summed E-state index contributed by atoms with van der Waals surface area (Å²) in [6.07, 6.45) is 1.49. The van der Waals surface area contributed by atoms with E-state index in [9.17, 15) is 13.6 Å². The second-order valence-electron chi connectivity index (χ2n) is 5.63. The van der Waals surface area contributed by atoms with Crippen LogP contribution in [-0.4, -0.2) is 27.3 Å². The maximum absolute atomic E-state index is 12.4. The first-order valence-corrected chi connectivity index (χ1v) is 9.12. The van der Waals surface area contributed by atoms with Crippen LogP contribution in [0.25, 0.3) is 11.3 Å². The second-order valence-corrected chi connectivity index (χ2v) is 6.89. The number of rotatable bonds is 6. The number of carbonyl (C=O) groups is 1. The average Bonchev–Trinajstić information content (AvgIpc) is 3.22. The van der Waals surface area contributed by atoms with E-state index in [0.717, 1.165) is 5.56 Å². The molecule has 0 fully saturated rings. The fourth-order valence-electron chi connectivity index (χ4n) is 2.38. The summed E-state index contributed by atoms with van der Waals surface area (Å²) < 4.78 is 30.2. The predicted octanol–water partition coefficient (Wildman–Crippen LogP) is 4.77. The maximum Gasteiger partial charge on any atom is 0.387 e. The Morgan fingerprint density at radius 1 is 1.33 bits per heavy atom. The summed E-state index contributed by atoms with van der Waals surface area (Å²) in [6, 6.07) is 5.55. The van der Waals surface area contributed by atoms with Crippen molar-refractivity contribution in [2.24, 2.45) is 0 Å². The molecule has 0 saturated carbocycles. The lowest BCUT2D eigenvalue weighted by atomic mass is 10.2. The quantitative estimate of drug-likeness (QED) is 0.633. The fourth-order valence-corrected chi connectivity index (χ4v) is 3.24. The molecule has 2 aromatic heterocycles. The summed E-state index contributed by atoms with van der Waals surface area (Å²) >= 11 is 7.23. The number of thiazole rings is 1. The van der Waals surface area contributed by atoms with Crippen molar-refractivity contribution in [2.75, 3.05) is 5.32 Å². The van der Waals surface area contributed by atoms with Crippen LogP contribution in [0, 0.1) is 6.92 Å². The summed E-state index contributed by atoms with van der Waals surface area (Å²) in [5.41, 5.74) is 2.03. The van der Waals surface area contributed by atoms with Gasteiger partial charge in [-0.15, -0.1) is 11.3 Å². The first-order valence-electron chi connectivity index (χ1n) is 7.86. The summed E-state index contributed by atoms with van der Waals surface area (Å²) in [4.78, 5) is 16.8. The first kappa shape index (κ1) is 19.2. The van der Waals surface area contributed by atoms with Crippen LogP contribution in [0.15, 0.2) is 35.8 Å². The Labute approximate surface area is 162 Å². The van der Waals surface area contributed by atoms with Crippen LogP contribution in [0.4, 0.5) is 13.9 Å². The molecule has 0 spiro atoms. The number of anilines is 1. The Morgan fingerprint density at radius 3 is 2.63 bits per heavy atom. The van der Waals surface area contributed by atoms with Crippen LogP contribution in [0.2, 0.25) is 5.02 Å². The number of hydrogen-bond donors (Lipinski definition) is 1. The highest BCUT2D eigenvalue weighted by molar-refractivity contribution is 7.14. The first-order chi connectivity index (χ1) is 12.8. The van der Waals surface area contributed by atoms with E-state index < -0.39 is 12.7 Å². The van der Waals surface area contributed by atoms with E-state index in [0.29, 0.717) is 21.5 Å². The number of amides is 1. The zero-order valence-corrected chi connectivity index (χ0v) is 15.9. The zero-order chi connectivity index (χ0) is 19.6. The van der Waals surface area contributed by atoms with Gasteiger partial charge >= 0.3 is 6.61 Å². The number of halogens is 3. The molecule has 27 heavy (non-hydrogen) atoms. The average molecular weight is 413 g/mol. The normalized spacial score (nSPS) is 12.2. The molecule has 10 heteroatoms. The van der Waals surface area contributed by atoms with Crippen molar-refractivity contribution in [3.8, 4) is 17.0 Å². The highest BCUT2D eigenvalue weighted by Crippen LogP contribution is 2.27. The largest absolute Gasteiger partial charge is 0.435 e. The third kappa shape index (κ3) is 4.42. The van der Waals surface area contributed by atoms with Gasteiger partial charge in [-0.1, -0.05) is 11.6 Å². The fraction of sp³-hybridized carbons (Fsp3) is 0.235. The molecule has 1 amide bonds. The van der Waals surface area contributed by atoms with Crippen molar-refractivity contribution < 1.29 is 18.3 Å². The number of nitrogens with zero attached hydrogens (tertiary/aromatic N) is 3. The summed E-state index contributed by atoms with van der Waals surface area (Å²) in [5, 5.41) is 9.52. The van der Waals surface area contributed by atoms with Crippen molar-refractivity contribution in [2.45, 2.75) is 26.5 Å². The molecule has 3 rings (SSSR count). The molecule has 0 aliphatic carbocycles. The molecule has 0 aliphatic rings. The number of benzene rings is 1. The standard InChI is InChI=1S/C17H15ClF2N4O2S/c1-9-13(18)7-21-24(9)10(2)15(25)23-17-22-14(8-27-17)11-3-5-12(6-4-11)26-16(19)20/h3-8,10,16H,1-2H3,(H,22,23,25). The van der Waals surface area contributed by atoms with Gasteiger partial charge in [-0.3, -0.25) is 9.48 Å². The minimum absolute atomic E-state index is 0.0691. The van der Waals surface area contributed by atoms with Crippen molar-refractivity contribution in [1.82, 2.24) is 14.8 Å². The number of nitrogens with one attached hydrogen (secondary N) is 1. The molecule has 142 valence electrons. The highest BCUT2D eigenvalue weighted by Gasteiger charge is 2.20. The van der Waals surface area contributed by atoms with Gasteiger partial charge in [-0.05, 0) is 38.1 Å². The van der Waals surface area contributed by atoms with Gasteiger partial charge in [-0.25, -0.2) is 4.98 Å². The van der Waals surface area contributed by atoms with Gasteiger partial charge in [0.1, 0.15) is 11.8 Å². The summed E-state index contributed by atoms with van der Waals surface area (Å²) in [5.74, 6) is -0.209. The van der Waals surface area contributed by atoms with E-state index >= 15 is 0 Å². The van der Waals surface area contributed by atoms with Crippen molar-refractivity contribution in [3.63, 3.8) is 0 Å². The molecular weight excluding hydrogens is 398 g/mol. The Hall–Kier alpha value is -2.52. The molecule has 3 aromatic rings. The van der Waals surface area contributed by atoms with Gasteiger partial charge < -0.3 is 10.1 Å². The van der Waals surface area contributed by atoms with E-state index in [1.807, 2.05) is 0 Å². The van der Waals surface area contributed by atoms with Crippen LogP contribution in [0.3, 0.4) is 0 Å². The SMILES string of the molecule is Cc1c(Cl)cnn1C(C)C(=O)Nc1nc(-c2ccc(OC(F)F)cc2)cs1. The summed E-state index contributed by atoms with van der Waals surface area (Å²) in [7, 11) is 0. The van der Waals surface area contributed by atoms with Crippen LogP contribution in [0.1, 0.15) is 18.7 Å². The van der Waals surface area contributed by atoms with Crippen LogP contribution in [0.5, 0.6) is 5.75 Å². The van der Waals surface area contributed by atoms with E-state index in [2.05, 4.69) is 20.1 Å². The van der Waals surface area contributed by atoms with E-state index in [1.54, 1.807) is 31.4 Å². The van der Waals surface area contributed by atoms with Gasteiger partial charge in [0, 0.05) is 10.9 Å². The molecule has 1 unspecified atom stereocenters. The molecule has 2 heterocycles. The Balaban J connectivity index is 1.68. The number of alkyl halides is 2. The molecule has 1 aromatic carbocycles. The van der Waals surface area contributed by atoms with Crippen molar-refractivity contribution in [3.05, 3.63) is 46.6 Å². The Kier molecular flexibility index (Phi) is 5.71. The Bertz CT molecular complexity index is 943. The maximum atomic E-state index is 12.4. The van der Waals surface area contributed by atoms with Gasteiger partial charge in [0.25, 0.3) is 5.91 Å². The summed E-state index contributed by atoms with van der Waals surface area (Å²) in [6.45, 7) is 0.622. The number of ether oxygens (including phenoxy) is 1. The number of aromatic nitrogens is 3. The molecule has 0 saturated heterocycles. The molecule has 0 aliphatic heterocycles. The smallest absolute Gasteiger partial charge is 0.387 e. The van der Waals surface area contributed by atoms with Crippen LogP contribution >= 0.6 is 22.9 Å². The van der Waals surface area contributed by atoms with Crippen molar-refractivity contribution in [1.29, 1.82) is 0 Å². The van der Waals surface area contributed by atoms with Gasteiger partial charge in [-0.2, -0.15) is 13.9 Å². The second kappa shape index (κ2) is 8.01. The van der Waals surface area contributed by atoms with Crippen LogP contribution < -0.4 is 10.1 Å². The third-order valence-electron chi connectivity index (χ3n) is 3.84. The lowest BCUT2D eigenvalue weighted by Gasteiger charge is -2.13. The van der Waals surface area contributed by atoms with Gasteiger partial charge in [0.2, 0.25) is 0 Å². The minimum atomic E-state index is -2.87. The van der Waals surface area contributed by atoms with Crippen molar-refractivity contribution >= 4 is 34.0 Å². The molecule has 0 bridgehead atoms. The molecule has 6 nitrogen and oxygen atoms in total. The van der Waals surface area contributed by atoms with Gasteiger partial charge in [0.05, 0.1) is 22.6 Å².